The van der Waals surface area contributed by atoms with Gasteiger partial charge >= 0.3 is 0 Å². The Labute approximate surface area is 161 Å². The van der Waals surface area contributed by atoms with Crippen LogP contribution in [0.15, 0.2) is 39.5 Å². The Kier molecular flexibility index (Phi) is 8.02. The van der Waals surface area contributed by atoms with Crippen LogP contribution in [-0.2, 0) is 6.54 Å². The molecule has 0 atom stereocenters. The molecular weight excluding hydrogens is 419 g/mol. The molecule has 1 aliphatic rings. The van der Waals surface area contributed by atoms with Crippen molar-refractivity contribution in [3.05, 3.63) is 46.5 Å². The zero-order valence-electron chi connectivity index (χ0n) is 12.9. The van der Waals surface area contributed by atoms with E-state index in [1.165, 1.54) is 6.26 Å². The maximum atomic E-state index is 12.4. The molecular formula is C15H19BrCl2N4O2. The normalized spacial score (nSPS) is 13.9. The minimum absolute atomic E-state index is 0. The zero-order valence-corrected chi connectivity index (χ0v) is 16.1. The van der Waals surface area contributed by atoms with Crippen LogP contribution in [0.1, 0.15) is 16.1 Å². The van der Waals surface area contributed by atoms with E-state index in [1.54, 1.807) is 12.3 Å². The predicted molar refractivity (Wildman–Crippen MR) is 101 cm³/mol. The largest absolute Gasteiger partial charge is 0.467 e. The SMILES string of the molecule is Cl.Cl.NCc1cc(C(=O)N2CCN(c3ccc(Br)cn3)CC2)co1. The molecule has 132 valence electrons. The number of amides is 1. The summed E-state index contributed by atoms with van der Waals surface area (Å²) in [4.78, 5) is 20.8. The number of nitrogens with zero attached hydrogens (tertiary/aromatic N) is 3. The molecule has 0 aromatic carbocycles. The van der Waals surface area contributed by atoms with Crippen molar-refractivity contribution < 1.29 is 9.21 Å². The number of halogens is 3. The molecule has 0 spiro atoms. The fourth-order valence-electron chi connectivity index (χ4n) is 2.48. The third-order valence-electron chi connectivity index (χ3n) is 3.70. The highest BCUT2D eigenvalue weighted by atomic mass is 79.9. The lowest BCUT2D eigenvalue weighted by Gasteiger charge is -2.35. The van der Waals surface area contributed by atoms with E-state index in [9.17, 15) is 4.79 Å². The number of furan rings is 1. The van der Waals surface area contributed by atoms with Crippen LogP contribution in [0.3, 0.4) is 0 Å². The molecule has 2 aromatic rings. The van der Waals surface area contributed by atoms with E-state index < -0.39 is 0 Å². The van der Waals surface area contributed by atoms with Crippen LogP contribution in [-0.4, -0.2) is 42.0 Å². The molecule has 1 amide bonds. The van der Waals surface area contributed by atoms with Crippen LogP contribution in [0.4, 0.5) is 5.82 Å². The van der Waals surface area contributed by atoms with Gasteiger partial charge in [0, 0.05) is 36.8 Å². The predicted octanol–water partition coefficient (Wildman–Crippen LogP) is 2.70. The van der Waals surface area contributed by atoms with E-state index in [-0.39, 0.29) is 30.7 Å². The lowest BCUT2D eigenvalue weighted by Crippen LogP contribution is -2.49. The summed E-state index contributed by atoms with van der Waals surface area (Å²) in [5, 5.41) is 0. The number of hydrogen-bond acceptors (Lipinski definition) is 5. The minimum Gasteiger partial charge on any atom is -0.467 e. The van der Waals surface area contributed by atoms with Crippen molar-refractivity contribution in [3.63, 3.8) is 0 Å². The standard InChI is InChI=1S/C15H17BrN4O2.2ClH/c16-12-1-2-14(18-9-12)19-3-5-20(6-4-19)15(21)11-7-13(8-17)22-10-11;;/h1-2,7,9-10H,3-6,8,17H2;2*1H. The van der Waals surface area contributed by atoms with Crippen LogP contribution in [0, 0.1) is 0 Å². The van der Waals surface area contributed by atoms with Gasteiger partial charge in [-0.3, -0.25) is 4.79 Å². The second-order valence-electron chi connectivity index (χ2n) is 5.12. The first-order chi connectivity index (χ1) is 10.7. The summed E-state index contributed by atoms with van der Waals surface area (Å²) in [5.41, 5.74) is 6.06. The van der Waals surface area contributed by atoms with Gasteiger partial charge in [0.2, 0.25) is 0 Å². The first-order valence-corrected chi connectivity index (χ1v) is 7.90. The van der Waals surface area contributed by atoms with Crippen molar-refractivity contribution in [3.8, 4) is 0 Å². The average molecular weight is 438 g/mol. The number of aromatic nitrogens is 1. The second-order valence-corrected chi connectivity index (χ2v) is 6.04. The molecule has 6 nitrogen and oxygen atoms in total. The van der Waals surface area contributed by atoms with Crippen LogP contribution >= 0.6 is 40.7 Å². The molecule has 1 aliphatic heterocycles. The number of carbonyl (C=O) groups excluding carboxylic acids is 1. The first-order valence-electron chi connectivity index (χ1n) is 7.10. The summed E-state index contributed by atoms with van der Waals surface area (Å²) in [6.45, 7) is 3.17. The molecule has 9 heteroatoms. The van der Waals surface area contributed by atoms with Gasteiger partial charge in [-0.25, -0.2) is 4.98 Å². The van der Waals surface area contributed by atoms with Gasteiger partial charge in [0.25, 0.3) is 5.91 Å². The number of hydrogen-bond donors (Lipinski definition) is 1. The number of carbonyl (C=O) groups is 1. The summed E-state index contributed by atoms with van der Waals surface area (Å²) < 4.78 is 6.19. The van der Waals surface area contributed by atoms with E-state index in [0.29, 0.717) is 31.0 Å². The molecule has 24 heavy (non-hydrogen) atoms. The van der Waals surface area contributed by atoms with Gasteiger partial charge in [0.05, 0.1) is 12.1 Å². The highest BCUT2D eigenvalue weighted by molar-refractivity contribution is 9.10. The van der Waals surface area contributed by atoms with E-state index in [1.807, 2.05) is 17.0 Å². The maximum Gasteiger partial charge on any atom is 0.257 e. The molecule has 0 aliphatic carbocycles. The molecule has 0 saturated carbocycles. The number of anilines is 1. The van der Waals surface area contributed by atoms with Crippen LogP contribution in [0.25, 0.3) is 0 Å². The summed E-state index contributed by atoms with van der Waals surface area (Å²) in [5.74, 6) is 1.55. The number of rotatable bonds is 3. The van der Waals surface area contributed by atoms with E-state index in [4.69, 9.17) is 10.2 Å². The lowest BCUT2D eigenvalue weighted by atomic mass is 10.2. The summed E-state index contributed by atoms with van der Waals surface area (Å²) in [6.07, 6.45) is 3.26. The molecule has 2 N–H and O–H groups in total. The number of nitrogens with two attached hydrogens (primary N) is 1. The fourth-order valence-corrected chi connectivity index (χ4v) is 2.71. The topological polar surface area (TPSA) is 75.6 Å². The maximum absolute atomic E-state index is 12.4. The lowest BCUT2D eigenvalue weighted by molar-refractivity contribution is 0.0746. The molecule has 0 radical (unpaired) electrons. The minimum atomic E-state index is -0.00753. The summed E-state index contributed by atoms with van der Waals surface area (Å²) in [6, 6.07) is 5.66. The second kappa shape index (κ2) is 9.27. The van der Waals surface area contributed by atoms with Crippen LogP contribution in [0.2, 0.25) is 0 Å². The van der Waals surface area contributed by atoms with Crippen molar-refractivity contribution in [2.75, 3.05) is 31.1 Å². The van der Waals surface area contributed by atoms with E-state index >= 15 is 0 Å². The average Bonchev–Trinajstić information content (AvgIpc) is 3.04. The van der Waals surface area contributed by atoms with Gasteiger partial charge in [-0.05, 0) is 34.1 Å². The van der Waals surface area contributed by atoms with Gasteiger partial charge in [-0.15, -0.1) is 24.8 Å². The van der Waals surface area contributed by atoms with Gasteiger partial charge in [0.1, 0.15) is 17.8 Å². The third-order valence-corrected chi connectivity index (χ3v) is 4.17. The Morgan fingerprint density at radius 3 is 2.50 bits per heavy atom. The first kappa shape index (κ1) is 20.8. The van der Waals surface area contributed by atoms with E-state index in [0.717, 1.165) is 23.4 Å². The molecule has 2 aromatic heterocycles. The monoisotopic (exact) mass is 436 g/mol. The highest BCUT2D eigenvalue weighted by Crippen LogP contribution is 2.18. The Morgan fingerprint density at radius 2 is 1.96 bits per heavy atom. The van der Waals surface area contributed by atoms with Gasteiger partial charge in [-0.1, -0.05) is 0 Å². The highest BCUT2D eigenvalue weighted by Gasteiger charge is 2.23. The summed E-state index contributed by atoms with van der Waals surface area (Å²) in [7, 11) is 0. The van der Waals surface area contributed by atoms with Crippen molar-refractivity contribution in [1.29, 1.82) is 0 Å². The van der Waals surface area contributed by atoms with Crippen molar-refractivity contribution in [2.45, 2.75) is 6.54 Å². The fraction of sp³-hybridized carbons (Fsp3) is 0.333. The van der Waals surface area contributed by atoms with Gasteiger partial charge in [-0.2, -0.15) is 0 Å². The molecule has 1 fully saturated rings. The quantitative estimate of drug-likeness (QED) is 0.798. The van der Waals surface area contributed by atoms with Crippen LogP contribution in [0.5, 0.6) is 0 Å². The number of pyridine rings is 1. The Bertz CT molecular complexity index is 658. The molecule has 1 saturated heterocycles. The van der Waals surface area contributed by atoms with Crippen molar-refractivity contribution in [2.24, 2.45) is 5.73 Å². The zero-order chi connectivity index (χ0) is 15.5. The van der Waals surface area contributed by atoms with E-state index in [2.05, 4.69) is 25.8 Å². The van der Waals surface area contributed by atoms with Crippen molar-refractivity contribution in [1.82, 2.24) is 9.88 Å². The van der Waals surface area contributed by atoms with Crippen LogP contribution < -0.4 is 10.6 Å². The molecule has 3 heterocycles. The molecule has 3 rings (SSSR count). The molecule has 0 unspecified atom stereocenters. The smallest absolute Gasteiger partial charge is 0.257 e. The number of piperazine rings is 1. The van der Waals surface area contributed by atoms with Crippen molar-refractivity contribution >= 4 is 52.5 Å². The third kappa shape index (κ3) is 4.63. The Morgan fingerprint density at radius 1 is 1.25 bits per heavy atom. The Hall–Kier alpha value is -1.28. The van der Waals surface area contributed by atoms with Gasteiger partial charge in [0.15, 0.2) is 0 Å². The molecule has 0 bridgehead atoms. The Balaban J connectivity index is 0.00000144. The van der Waals surface area contributed by atoms with Gasteiger partial charge < -0.3 is 20.0 Å². The summed E-state index contributed by atoms with van der Waals surface area (Å²) >= 11 is 3.38.